The molecule has 16 heavy (non-hydrogen) atoms. The summed E-state index contributed by atoms with van der Waals surface area (Å²) in [5, 5.41) is 0. The third-order valence-corrected chi connectivity index (χ3v) is 3.23. The van der Waals surface area contributed by atoms with E-state index in [4.69, 9.17) is 0 Å². The highest BCUT2D eigenvalue weighted by molar-refractivity contribution is 5.95. The van der Waals surface area contributed by atoms with Gasteiger partial charge in [-0.25, -0.2) is 4.98 Å². The lowest BCUT2D eigenvalue weighted by Gasteiger charge is -2.34. The van der Waals surface area contributed by atoms with E-state index in [0.717, 1.165) is 12.8 Å². The van der Waals surface area contributed by atoms with Crippen LogP contribution in [-0.4, -0.2) is 28.9 Å². The molecule has 0 bridgehead atoms. The summed E-state index contributed by atoms with van der Waals surface area (Å²) in [5.74, 6) is -0.602. The SMILES string of the molecule is Cc1nc(F)ccc1C(=O)N(C)C1CCC1. The van der Waals surface area contributed by atoms with Gasteiger partial charge < -0.3 is 4.90 Å². The molecule has 3 nitrogen and oxygen atoms in total. The second-order valence-corrected chi connectivity index (χ2v) is 4.27. The number of pyridine rings is 1. The fourth-order valence-electron chi connectivity index (χ4n) is 1.89. The van der Waals surface area contributed by atoms with E-state index in [-0.39, 0.29) is 5.91 Å². The minimum atomic E-state index is -0.541. The Bertz CT molecular complexity index is 415. The number of nitrogens with zero attached hydrogens (tertiary/aromatic N) is 2. The minimum absolute atomic E-state index is 0.0605. The van der Waals surface area contributed by atoms with Crippen LogP contribution in [0.15, 0.2) is 12.1 Å². The molecule has 86 valence electrons. The molecule has 1 fully saturated rings. The van der Waals surface area contributed by atoms with Gasteiger partial charge in [0.1, 0.15) is 0 Å². The summed E-state index contributed by atoms with van der Waals surface area (Å²) in [4.78, 5) is 17.5. The maximum absolute atomic E-state index is 12.8. The highest BCUT2D eigenvalue weighted by Crippen LogP contribution is 2.25. The summed E-state index contributed by atoms with van der Waals surface area (Å²) < 4.78 is 12.8. The molecule has 0 aliphatic heterocycles. The van der Waals surface area contributed by atoms with E-state index < -0.39 is 5.95 Å². The van der Waals surface area contributed by atoms with Gasteiger partial charge in [-0.2, -0.15) is 4.39 Å². The summed E-state index contributed by atoms with van der Waals surface area (Å²) in [6.07, 6.45) is 3.31. The van der Waals surface area contributed by atoms with Gasteiger partial charge >= 0.3 is 0 Å². The van der Waals surface area contributed by atoms with Crippen molar-refractivity contribution in [3.8, 4) is 0 Å². The Morgan fingerprint density at radius 2 is 2.19 bits per heavy atom. The molecule has 0 unspecified atom stereocenters. The van der Waals surface area contributed by atoms with Crippen molar-refractivity contribution in [2.24, 2.45) is 0 Å². The van der Waals surface area contributed by atoms with Crippen LogP contribution in [0.25, 0.3) is 0 Å². The van der Waals surface area contributed by atoms with Crippen LogP contribution in [0.5, 0.6) is 0 Å². The Balaban J connectivity index is 2.19. The van der Waals surface area contributed by atoms with Crippen LogP contribution in [0.1, 0.15) is 35.3 Å². The Hall–Kier alpha value is -1.45. The summed E-state index contributed by atoms with van der Waals surface area (Å²) in [7, 11) is 1.80. The Morgan fingerprint density at radius 1 is 1.50 bits per heavy atom. The van der Waals surface area contributed by atoms with E-state index in [2.05, 4.69) is 4.98 Å². The third-order valence-electron chi connectivity index (χ3n) is 3.23. The maximum Gasteiger partial charge on any atom is 0.255 e. The standard InChI is InChI=1S/C12H15FN2O/c1-8-10(6-7-11(13)14-8)12(16)15(2)9-4-3-5-9/h6-7,9H,3-5H2,1-2H3. The zero-order chi connectivity index (χ0) is 11.7. The van der Waals surface area contributed by atoms with Gasteiger partial charge in [-0.05, 0) is 38.3 Å². The summed E-state index contributed by atoms with van der Waals surface area (Å²) in [5.41, 5.74) is 0.951. The van der Waals surface area contributed by atoms with Gasteiger partial charge in [-0.1, -0.05) is 0 Å². The first-order valence-electron chi connectivity index (χ1n) is 5.50. The van der Waals surface area contributed by atoms with Crippen LogP contribution in [0.4, 0.5) is 4.39 Å². The summed E-state index contributed by atoms with van der Waals surface area (Å²) in [6, 6.07) is 3.08. The predicted octanol–water partition coefficient (Wildman–Crippen LogP) is 2.15. The molecule has 0 radical (unpaired) electrons. The number of aryl methyl sites for hydroxylation is 1. The van der Waals surface area contributed by atoms with Crippen molar-refractivity contribution in [2.75, 3.05) is 7.05 Å². The molecule has 1 amide bonds. The lowest BCUT2D eigenvalue weighted by molar-refractivity contribution is 0.0650. The Kier molecular flexibility index (Phi) is 2.90. The second kappa shape index (κ2) is 4.20. The monoisotopic (exact) mass is 222 g/mol. The predicted molar refractivity (Wildman–Crippen MR) is 58.7 cm³/mol. The molecule has 0 atom stereocenters. The first-order valence-corrected chi connectivity index (χ1v) is 5.50. The molecule has 0 spiro atoms. The molecule has 1 aliphatic carbocycles. The van der Waals surface area contributed by atoms with Gasteiger partial charge in [0.25, 0.3) is 5.91 Å². The maximum atomic E-state index is 12.8. The zero-order valence-corrected chi connectivity index (χ0v) is 9.53. The molecule has 2 rings (SSSR count). The van der Waals surface area contributed by atoms with Gasteiger partial charge in [0.15, 0.2) is 0 Å². The van der Waals surface area contributed by atoms with Gasteiger partial charge in [0.2, 0.25) is 5.95 Å². The molecule has 1 saturated carbocycles. The number of halogens is 1. The van der Waals surface area contributed by atoms with Gasteiger partial charge in [0, 0.05) is 13.1 Å². The van der Waals surface area contributed by atoms with E-state index in [1.807, 2.05) is 0 Å². The number of hydrogen-bond donors (Lipinski definition) is 0. The number of carbonyl (C=O) groups is 1. The molecule has 0 N–H and O–H groups in total. The number of carbonyl (C=O) groups excluding carboxylic acids is 1. The molecular formula is C12H15FN2O. The lowest BCUT2D eigenvalue weighted by Crippen LogP contribution is -2.41. The lowest BCUT2D eigenvalue weighted by atomic mass is 9.91. The average Bonchev–Trinajstić information content (AvgIpc) is 2.14. The topological polar surface area (TPSA) is 33.2 Å². The molecule has 4 heteroatoms. The Morgan fingerprint density at radius 3 is 2.69 bits per heavy atom. The van der Waals surface area contributed by atoms with Gasteiger partial charge in [-0.15, -0.1) is 0 Å². The van der Waals surface area contributed by atoms with Crippen molar-refractivity contribution in [3.05, 3.63) is 29.3 Å². The first kappa shape index (κ1) is 11.0. The van der Waals surface area contributed by atoms with Crippen molar-refractivity contribution in [1.82, 2.24) is 9.88 Å². The van der Waals surface area contributed by atoms with Gasteiger partial charge in [-0.3, -0.25) is 4.79 Å². The third kappa shape index (κ3) is 1.92. The van der Waals surface area contributed by atoms with Crippen molar-refractivity contribution in [3.63, 3.8) is 0 Å². The van der Waals surface area contributed by atoms with E-state index in [0.29, 0.717) is 17.3 Å². The molecule has 1 aromatic rings. The fourth-order valence-corrected chi connectivity index (χ4v) is 1.89. The van der Waals surface area contributed by atoms with E-state index >= 15 is 0 Å². The molecular weight excluding hydrogens is 207 g/mol. The second-order valence-electron chi connectivity index (χ2n) is 4.27. The van der Waals surface area contributed by atoms with Crippen LogP contribution >= 0.6 is 0 Å². The average molecular weight is 222 g/mol. The van der Waals surface area contributed by atoms with Crippen LogP contribution in [-0.2, 0) is 0 Å². The normalized spacial score (nSPS) is 15.7. The molecule has 1 aliphatic rings. The van der Waals surface area contributed by atoms with Crippen molar-refractivity contribution in [1.29, 1.82) is 0 Å². The van der Waals surface area contributed by atoms with E-state index in [1.165, 1.54) is 18.6 Å². The highest BCUT2D eigenvalue weighted by Gasteiger charge is 2.27. The Labute approximate surface area is 94.3 Å². The largest absolute Gasteiger partial charge is 0.339 e. The van der Waals surface area contributed by atoms with E-state index in [1.54, 1.807) is 18.9 Å². The molecule has 0 aromatic carbocycles. The molecule has 0 saturated heterocycles. The van der Waals surface area contributed by atoms with Crippen LogP contribution in [0.3, 0.4) is 0 Å². The molecule has 1 heterocycles. The van der Waals surface area contributed by atoms with Crippen molar-refractivity contribution in [2.45, 2.75) is 32.2 Å². The van der Waals surface area contributed by atoms with Crippen molar-refractivity contribution < 1.29 is 9.18 Å². The smallest absolute Gasteiger partial charge is 0.255 e. The van der Waals surface area contributed by atoms with Gasteiger partial charge in [0.05, 0.1) is 11.3 Å². The number of rotatable bonds is 2. The van der Waals surface area contributed by atoms with Crippen molar-refractivity contribution >= 4 is 5.91 Å². The quantitative estimate of drug-likeness (QED) is 0.718. The van der Waals surface area contributed by atoms with Crippen LogP contribution in [0.2, 0.25) is 0 Å². The summed E-state index contributed by atoms with van der Waals surface area (Å²) in [6.45, 7) is 1.66. The zero-order valence-electron chi connectivity index (χ0n) is 9.53. The summed E-state index contributed by atoms with van der Waals surface area (Å²) >= 11 is 0. The number of hydrogen-bond acceptors (Lipinski definition) is 2. The fraction of sp³-hybridized carbons (Fsp3) is 0.500. The molecule has 1 aromatic heterocycles. The number of amides is 1. The number of aromatic nitrogens is 1. The van der Waals surface area contributed by atoms with Crippen LogP contribution < -0.4 is 0 Å². The minimum Gasteiger partial charge on any atom is -0.339 e. The first-order chi connectivity index (χ1) is 7.59. The van der Waals surface area contributed by atoms with Crippen LogP contribution in [0, 0.1) is 12.9 Å². The highest BCUT2D eigenvalue weighted by atomic mass is 19.1. The van der Waals surface area contributed by atoms with E-state index in [9.17, 15) is 9.18 Å².